The molecular formula is C13H12N2O3. The van der Waals surface area contributed by atoms with Crippen LogP contribution < -0.4 is 10.3 Å². The largest absolute Gasteiger partial charge is 0.477 e. The number of carboxylic acids is 1. The van der Waals surface area contributed by atoms with Crippen LogP contribution in [0.15, 0.2) is 29.2 Å². The molecule has 0 spiro atoms. The van der Waals surface area contributed by atoms with E-state index in [1.54, 1.807) is 6.07 Å². The fourth-order valence-corrected chi connectivity index (χ4v) is 2.14. The Balaban J connectivity index is 2.16. The molecule has 0 aliphatic carbocycles. The van der Waals surface area contributed by atoms with E-state index in [4.69, 9.17) is 5.11 Å². The number of rotatable bonds is 2. The quantitative estimate of drug-likeness (QED) is 0.838. The first kappa shape index (κ1) is 10.8. The maximum Gasteiger partial charge on any atom is 0.341 e. The van der Waals surface area contributed by atoms with Gasteiger partial charge in [0.1, 0.15) is 5.56 Å². The second-order valence-corrected chi connectivity index (χ2v) is 4.41. The number of anilines is 1. The predicted octanol–water partition coefficient (Wildman–Crippen LogP) is 1.44. The molecule has 1 aromatic heterocycles. The number of pyridine rings is 1. The van der Waals surface area contributed by atoms with Crippen molar-refractivity contribution in [2.45, 2.75) is 6.42 Å². The van der Waals surface area contributed by atoms with Gasteiger partial charge in [0.2, 0.25) is 5.43 Å². The van der Waals surface area contributed by atoms with Crippen LogP contribution in [0.5, 0.6) is 0 Å². The van der Waals surface area contributed by atoms with E-state index in [2.05, 4.69) is 9.88 Å². The Kier molecular flexibility index (Phi) is 2.33. The number of nitrogens with one attached hydrogen (secondary N) is 1. The molecule has 1 aromatic carbocycles. The molecule has 5 heteroatoms. The Morgan fingerprint density at radius 1 is 1.33 bits per heavy atom. The van der Waals surface area contributed by atoms with Crippen molar-refractivity contribution in [3.05, 3.63) is 40.2 Å². The minimum Gasteiger partial charge on any atom is -0.477 e. The van der Waals surface area contributed by atoms with Crippen LogP contribution in [0.25, 0.3) is 10.9 Å². The smallest absolute Gasteiger partial charge is 0.341 e. The van der Waals surface area contributed by atoms with Crippen molar-refractivity contribution in [3.8, 4) is 0 Å². The number of benzene rings is 1. The molecule has 1 saturated heterocycles. The molecule has 0 radical (unpaired) electrons. The van der Waals surface area contributed by atoms with Gasteiger partial charge in [-0.1, -0.05) is 0 Å². The summed E-state index contributed by atoms with van der Waals surface area (Å²) in [5, 5.41) is 9.30. The Labute approximate surface area is 103 Å². The van der Waals surface area contributed by atoms with Gasteiger partial charge in [-0.05, 0) is 24.6 Å². The number of carbonyl (C=O) groups is 1. The highest BCUT2D eigenvalue weighted by Crippen LogP contribution is 2.23. The third-order valence-corrected chi connectivity index (χ3v) is 3.32. The van der Waals surface area contributed by atoms with Gasteiger partial charge in [0.15, 0.2) is 0 Å². The number of hydrogen-bond donors (Lipinski definition) is 2. The topological polar surface area (TPSA) is 73.4 Å². The van der Waals surface area contributed by atoms with Crippen LogP contribution in [-0.2, 0) is 0 Å². The SMILES string of the molecule is O=C(O)c1c[nH]c2cc(N3CCC3)ccc2c1=O. The first-order chi connectivity index (χ1) is 8.66. The Morgan fingerprint density at radius 3 is 2.72 bits per heavy atom. The van der Waals surface area contributed by atoms with E-state index in [9.17, 15) is 9.59 Å². The molecule has 18 heavy (non-hydrogen) atoms. The Bertz CT molecular complexity index is 686. The highest BCUT2D eigenvalue weighted by Gasteiger charge is 2.16. The van der Waals surface area contributed by atoms with Gasteiger partial charge in [-0.2, -0.15) is 0 Å². The molecule has 5 nitrogen and oxygen atoms in total. The highest BCUT2D eigenvalue weighted by atomic mass is 16.4. The molecule has 1 aliphatic heterocycles. The zero-order chi connectivity index (χ0) is 12.7. The number of fused-ring (bicyclic) bond motifs is 1. The number of aromatic carboxylic acids is 1. The van der Waals surface area contributed by atoms with Crippen LogP contribution in [0.4, 0.5) is 5.69 Å². The lowest BCUT2D eigenvalue weighted by Gasteiger charge is -2.33. The molecule has 0 unspecified atom stereocenters. The van der Waals surface area contributed by atoms with E-state index in [1.165, 1.54) is 12.6 Å². The molecule has 0 atom stereocenters. The number of hydrogen-bond acceptors (Lipinski definition) is 3. The monoisotopic (exact) mass is 244 g/mol. The van der Waals surface area contributed by atoms with Crippen molar-refractivity contribution in [2.24, 2.45) is 0 Å². The average molecular weight is 244 g/mol. The number of H-pyrrole nitrogens is 1. The minimum atomic E-state index is -1.20. The zero-order valence-corrected chi connectivity index (χ0v) is 9.64. The van der Waals surface area contributed by atoms with E-state index in [0.29, 0.717) is 10.9 Å². The van der Waals surface area contributed by atoms with Gasteiger partial charge >= 0.3 is 5.97 Å². The summed E-state index contributed by atoms with van der Waals surface area (Å²) in [4.78, 5) is 27.9. The van der Waals surface area contributed by atoms with Crippen molar-refractivity contribution in [2.75, 3.05) is 18.0 Å². The van der Waals surface area contributed by atoms with Gasteiger partial charge in [-0.3, -0.25) is 4.79 Å². The highest BCUT2D eigenvalue weighted by molar-refractivity contribution is 5.93. The molecular weight excluding hydrogens is 232 g/mol. The maximum atomic E-state index is 11.9. The molecule has 0 saturated carbocycles. The third-order valence-electron chi connectivity index (χ3n) is 3.32. The number of nitrogens with zero attached hydrogens (tertiary/aromatic N) is 1. The third kappa shape index (κ3) is 1.55. The summed E-state index contributed by atoms with van der Waals surface area (Å²) in [5.41, 5.74) is 1.08. The van der Waals surface area contributed by atoms with Crippen LogP contribution >= 0.6 is 0 Å². The van der Waals surface area contributed by atoms with Crippen molar-refractivity contribution in [3.63, 3.8) is 0 Å². The zero-order valence-electron chi connectivity index (χ0n) is 9.64. The van der Waals surface area contributed by atoms with E-state index in [0.717, 1.165) is 18.8 Å². The maximum absolute atomic E-state index is 11.9. The summed E-state index contributed by atoms with van der Waals surface area (Å²) in [7, 11) is 0. The molecule has 1 aliphatic rings. The molecule has 2 aromatic rings. The van der Waals surface area contributed by atoms with Crippen molar-refractivity contribution >= 4 is 22.6 Å². The summed E-state index contributed by atoms with van der Waals surface area (Å²) in [6.07, 6.45) is 2.44. The molecule has 3 rings (SSSR count). The van der Waals surface area contributed by atoms with Gasteiger partial charge in [0.05, 0.1) is 5.52 Å². The fourth-order valence-electron chi connectivity index (χ4n) is 2.14. The Hall–Kier alpha value is -2.30. The number of carboxylic acid groups (broad SMARTS) is 1. The Morgan fingerprint density at radius 2 is 2.11 bits per heavy atom. The summed E-state index contributed by atoms with van der Waals surface area (Å²) < 4.78 is 0. The molecule has 0 amide bonds. The van der Waals surface area contributed by atoms with Gasteiger partial charge in [-0.15, -0.1) is 0 Å². The standard InChI is InChI=1S/C13H12N2O3/c16-12-9-3-2-8(15-4-1-5-15)6-11(9)14-7-10(12)13(17)18/h2-3,6-7H,1,4-5H2,(H,14,16)(H,17,18). The van der Waals surface area contributed by atoms with Crippen LogP contribution in [-0.4, -0.2) is 29.1 Å². The van der Waals surface area contributed by atoms with Crippen molar-refractivity contribution < 1.29 is 9.90 Å². The first-order valence-corrected chi connectivity index (χ1v) is 5.80. The van der Waals surface area contributed by atoms with Crippen LogP contribution in [0, 0.1) is 0 Å². The van der Waals surface area contributed by atoms with E-state index < -0.39 is 11.4 Å². The lowest BCUT2D eigenvalue weighted by atomic mass is 10.1. The second-order valence-electron chi connectivity index (χ2n) is 4.41. The van der Waals surface area contributed by atoms with Gasteiger partial charge in [-0.25, -0.2) is 4.79 Å². The van der Waals surface area contributed by atoms with E-state index in [-0.39, 0.29) is 5.56 Å². The summed E-state index contributed by atoms with van der Waals surface area (Å²) >= 11 is 0. The molecule has 92 valence electrons. The second kappa shape index (κ2) is 3.87. The first-order valence-electron chi connectivity index (χ1n) is 5.80. The van der Waals surface area contributed by atoms with Crippen LogP contribution in [0.1, 0.15) is 16.8 Å². The minimum absolute atomic E-state index is 0.223. The van der Waals surface area contributed by atoms with Crippen LogP contribution in [0.3, 0.4) is 0 Å². The lowest BCUT2D eigenvalue weighted by molar-refractivity contribution is 0.0695. The van der Waals surface area contributed by atoms with Crippen LogP contribution in [0.2, 0.25) is 0 Å². The normalized spacial score (nSPS) is 14.6. The average Bonchev–Trinajstić information content (AvgIpc) is 2.26. The van der Waals surface area contributed by atoms with Crippen molar-refractivity contribution in [1.82, 2.24) is 4.98 Å². The summed E-state index contributed by atoms with van der Waals surface area (Å²) in [6, 6.07) is 5.44. The van der Waals surface area contributed by atoms with Gasteiger partial charge in [0, 0.05) is 30.4 Å². The molecule has 2 heterocycles. The molecule has 0 bridgehead atoms. The molecule has 1 fully saturated rings. The summed E-state index contributed by atoms with van der Waals surface area (Å²) in [5.74, 6) is -1.20. The fraction of sp³-hybridized carbons (Fsp3) is 0.231. The predicted molar refractivity (Wildman–Crippen MR) is 68.4 cm³/mol. The van der Waals surface area contributed by atoms with E-state index >= 15 is 0 Å². The van der Waals surface area contributed by atoms with Gasteiger partial charge < -0.3 is 15.0 Å². The number of aromatic nitrogens is 1. The van der Waals surface area contributed by atoms with Crippen molar-refractivity contribution in [1.29, 1.82) is 0 Å². The van der Waals surface area contributed by atoms with Gasteiger partial charge in [0.25, 0.3) is 0 Å². The van der Waals surface area contributed by atoms with E-state index in [1.807, 2.05) is 12.1 Å². The lowest BCUT2D eigenvalue weighted by Crippen LogP contribution is -2.36. The number of aromatic amines is 1. The molecule has 2 N–H and O–H groups in total. The summed E-state index contributed by atoms with van der Waals surface area (Å²) in [6.45, 7) is 2.06.